The van der Waals surface area contributed by atoms with Gasteiger partial charge in [0.1, 0.15) is 5.69 Å². The number of piperazine rings is 1. The van der Waals surface area contributed by atoms with E-state index in [9.17, 15) is 4.79 Å². The van der Waals surface area contributed by atoms with Crippen molar-refractivity contribution >= 4 is 32.6 Å². The minimum Gasteiger partial charge on any atom is -0.345 e. The lowest BCUT2D eigenvalue weighted by Crippen LogP contribution is -2.48. The van der Waals surface area contributed by atoms with Crippen LogP contribution in [-0.2, 0) is 6.42 Å². The van der Waals surface area contributed by atoms with Crippen molar-refractivity contribution in [1.29, 1.82) is 0 Å². The van der Waals surface area contributed by atoms with Crippen LogP contribution in [0.4, 0.5) is 5.13 Å². The van der Waals surface area contributed by atoms with Gasteiger partial charge in [0, 0.05) is 38.4 Å². The number of aromatic nitrogens is 3. The maximum atomic E-state index is 12.7. The Balaban J connectivity index is 1.43. The molecule has 1 saturated heterocycles. The Hall–Kier alpha value is -2.41. The molecule has 1 aromatic carbocycles. The molecule has 0 N–H and O–H groups in total. The molecule has 3 aromatic rings. The van der Waals surface area contributed by atoms with E-state index in [2.05, 4.69) is 49.0 Å². The molecule has 0 atom stereocenters. The van der Waals surface area contributed by atoms with Gasteiger partial charge in [-0.05, 0) is 44.0 Å². The number of amides is 1. The number of benzene rings is 1. The average Bonchev–Trinajstić information content (AvgIpc) is 3.34. The van der Waals surface area contributed by atoms with Crippen LogP contribution in [0.25, 0.3) is 10.2 Å². The zero-order valence-electron chi connectivity index (χ0n) is 16.1. The third-order valence-electron chi connectivity index (χ3n) is 5.04. The predicted octanol–water partition coefficient (Wildman–Crippen LogP) is 3.60. The van der Waals surface area contributed by atoms with Crippen LogP contribution in [-0.4, -0.2) is 51.8 Å². The van der Waals surface area contributed by atoms with Crippen molar-refractivity contribution in [2.45, 2.75) is 33.2 Å². The number of fused-ring (bicyclic) bond motifs is 1. The van der Waals surface area contributed by atoms with Crippen molar-refractivity contribution in [3.63, 3.8) is 0 Å². The number of anilines is 1. The largest absolute Gasteiger partial charge is 0.345 e. The molecule has 0 bridgehead atoms. The molecule has 0 spiro atoms. The summed E-state index contributed by atoms with van der Waals surface area (Å²) in [7, 11) is 0. The number of carbonyl (C=O) groups excluding carboxylic acids is 1. The van der Waals surface area contributed by atoms with Crippen LogP contribution in [0.15, 0.2) is 30.5 Å². The molecule has 6 nitrogen and oxygen atoms in total. The molecule has 1 fully saturated rings. The van der Waals surface area contributed by atoms with E-state index in [1.54, 1.807) is 11.3 Å². The van der Waals surface area contributed by atoms with Gasteiger partial charge < -0.3 is 9.80 Å². The molecule has 0 unspecified atom stereocenters. The van der Waals surface area contributed by atoms with Crippen LogP contribution in [0.2, 0.25) is 0 Å². The predicted molar refractivity (Wildman–Crippen MR) is 110 cm³/mol. The lowest BCUT2D eigenvalue weighted by molar-refractivity contribution is 0.0739. The van der Waals surface area contributed by atoms with Gasteiger partial charge in [-0.15, -0.1) is 0 Å². The fourth-order valence-electron chi connectivity index (χ4n) is 3.31. The van der Waals surface area contributed by atoms with Crippen molar-refractivity contribution in [3.8, 4) is 0 Å². The van der Waals surface area contributed by atoms with E-state index in [1.165, 1.54) is 10.3 Å². The van der Waals surface area contributed by atoms with Crippen molar-refractivity contribution in [3.05, 3.63) is 41.7 Å². The maximum Gasteiger partial charge on any atom is 0.274 e. The maximum absolute atomic E-state index is 12.7. The van der Waals surface area contributed by atoms with E-state index in [1.807, 2.05) is 21.8 Å². The highest BCUT2D eigenvalue weighted by Crippen LogP contribution is 2.30. The van der Waals surface area contributed by atoms with Crippen LogP contribution >= 0.6 is 11.3 Å². The topological polar surface area (TPSA) is 54.3 Å². The smallest absolute Gasteiger partial charge is 0.274 e. The molecule has 1 amide bonds. The van der Waals surface area contributed by atoms with Crippen molar-refractivity contribution in [2.75, 3.05) is 31.1 Å². The van der Waals surface area contributed by atoms with Crippen LogP contribution in [0.5, 0.6) is 0 Å². The molecule has 4 rings (SSSR count). The summed E-state index contributed by atoms with van der Waals surface area (Å²) >= 11 is 1.74. The van der Waals surface area contributed by atoms with Gasteiger partial charge in [-0.1, -0.05) is 24.3 Å². The Bertz CT molecular complexity index is 952. The highest BCUT2D eigenvalue weighted by Gasteiger charge is 2.25. The van der Waals surface area contributed by atoms with E-state index in [0.29, 0.717) is 18.8 Å². The van der Waals surface area contributed by atoms with Gasteiger partial charge in [-0.3, -0.25) is 9.48 Å². The molecule has 27 heavy (non-hydrogen) atoms. The van der Waals surface area contributed by atoms with Gasteiger partial charge in [0.15, 0.2) is 5.13 Å². The molecule has 2 aromatic heterocycles. The SMILES string of the molecule is CCc1ccc2nc(N3CCN(C(=O)c4ccn(C(C)C)n4)CC3)sc2c1. The van der Waals surface area contributed by atoms with Gasteiger partial charge in [0.05, 0.1) is 10.2 Å². The Morgan fingerprint density at radius 2 is 1.96 bits per heavy atom. The van der Waals surface area contributed by atoms with Crippen molar-refractivity contribution < 1.29 is 4.79 Å². The van der Waals surface area contributed by atoms with Gasteiger partial charge in [-0.25, -0.2) is 4.98 Å². The summed E-state index contributed by atoms with van der Waals surface area (Å²) in [5, 5.41) is 5.46. The summed E-state index contributed by atoms with van der Waals surface area (Å²) in [6.07, 6.45) is 2.91. The van der Waals surface area contributed by atoms with Crippen LogP contribution in [0.3, 0.4) is 0 Å². The summed E-state index contributed by atoms with van der Waals surface area (Å²) in [5.74, 6) is 0.0194. The van der Waals surface area contributed by atoms with Gasteiger partial charge >= 0.3 is 0 Å². The second kappa shape index (κ2) is 7.31. The Kier molecular flexibility index (Phi) is 4.86. The van der Waals surface area contributed by atoms with Gasteiger partial charge in [-0.2, -0.15) is 5.10 Å². The van der Waals surface area contributed by atoms with E-state index < -0.39 is 0 Å². The van der Waals surface area contributed by atoms with Crippen molar-refractivity contribution in [2.24, 2.45) is 0 Å². The molecule has 3 heterocycles. The number of thiazole rings is 1. The number of aryl methyl sites for hydroxylation is 1. The third-order valence-corrected chi connectivity index (χ3v) is 6.12. The summed E-state index contributed by atoms with van der Waals surface area (Å²) in [6.45, 7) is 9.29. The second-order valence-corrected chi connectivity index (χ2v) is 8.22. The van der Waals surface area contributed by atoms with Crippen molar-refractivity contribution in [1.82, 2.24) is 19.7 Å². The number of hydrogen-bond donors (Lipinski definition) is 0. The normalized spacial score (nSPS) is 15.1. The van der Waals surface area contributed by atoms with Gasteiger partial charge in [0.25, 0.3) is 5.91 Å². The van der Waals surface area contributed by atoms with E-state index in [0.717, 1.165) is 30.2 Å². The number of rotatable bonds is 4. The van der Waals surface area contributed by atoms with Crippen LogP contribution < -0.4 is 4.90 Å². The van der Waals surface area contributed by atoms with Crippen LogP contribution in [0.1, 0.15) is 42.9 Å². The zero-order chi connectivity index (χ0) is 19.0. The summed E-state index contributed by atoms with van der Waals surface area (Å²) in [4.78, 5) is 21.7. The van der Waals surface area contributed by atoms with E-state index in [-0.39, 0.29) is 11.9 Å². The summed E-state index contributed by atoms with van der Waals surface area (Å²) < 4.78 is 3.07. The number of nitrogens with zero attached hydrogens (tertiary/aromatic N) is 5. The molecule has 0 aliphatic carbocycles. The monoisotopic (exact) mass is 383 g/mol. The number of hydrogen-bond acceptors (Lipinski definition) is 5. The minimum atomic E-state index is 0.0194. The Morgan fingerprint density at radius 3 is 2.63 bits per heavy atom. The van der Waals surface area contributed by atoms with Crippen LogP contribution in [0, 0.1) is 0 Å². The molecular weight excluding hydrogens is 358 g/mol. The lowest BCUT2D eigenvalue weighted by atomic mass is 10.2. The quantitative estimate of drug-likeness (QED) is 0.691. The summed E-state index contributed by atoms with van der Waals surface area (Å²) in [6, 6.07) is 8.57. The molecule has 1 aliphatic rings. The molecule has 142 valence electrons. The minimum absolute atomic E-state index is 0.0194. The fraction of sp³-hybridized carbons (Fsp3) is 0.450. The first kappa shape index (κ1) is 18.0. The first-order chi connectivity index (χ1) is 13.0. The first-order valence-electron chi connectivity index (χ1n) is 9.54. The number of carbonyl (C=O) groups is 1. The molecular formula is C20H25N5OS. The molecule has 7 heteroatoms. The summed E-state index contributed by atoms with van der Waals surface area (Å²) in [5.41, 5.74) is 2.93. The Labute approximate surface area is 163 Å². The third kappa shape index (κ3) is 3.56. The highest BCUT2D eigenvalue weighted by atomic mass is 32.1. The second-order valence-electron chi connectivity index (χ2n) is 7.21. The first-order valence-corrected chi connectivity index (χ1v) is 10.4. The van der Waals surface area contributed by atoms with Gasteiger partial charge in [0.2, 0.25) is 0 Å². The highest BCUT2D eigenvalue weighted by molar-refractivity contribution is 7.22. The van der Waals surface area contributed by atoms with E-state index >= 15 is 0 Å². The average molecular weight is 384 g/mol. The fourth-order valence-corrected chi connectivity index (χ4v) is 4.40. The zero-order valence-corrected chi connectivity index (χ0v) is 16.9. The standard InChI is InChI=1S/C20H25N5OS/c1-4-15-5-6-16-18(13-15)27-20(21-16)24-11-9-23(10-12-24)19(26)17-7-8-25(22-17)14(2)3/h5-8,13-14H,4,9-12H2,1-3H3. The molecule has 0 saturated carbocycles. The van der Waals surface area contributed by atoms with E-state index in [4.69, 9.17) is 4.98 Å². The Morgan fingerprint density at radius 1 is 1.19 bits per heavy atom. The molecule has 0 radical (unpaired) electrons. The molecule has 1 aliphatic heterocycles. The lowest BCUT2D eigenvalue weighted by Gasteiger charge is -2.34.